The van der Waals surface area contributed by atoms with Gasteiger partial charge < -0.3 is 0 Å². The molecule has 2 nitrogen and oxygen atoms in total. The predicted molar refractivity (Wildman–Crippen MR) is 77.2 cm³/mol. The van der Waals surface area contributed by atoms with Crippen LogP contribution in [0.3, 0.4) is 0 Å². The number of hydrogen-bond donors (Lipinski definition) is 0. The van der Waals surface area contributed by atoms with E-state index >= 15 is 0 Å². The Morgan fingerprint density at radius 1 is 1.00 bits per heavy atom. The first-order chi connectivity index (χ1) is 8.87. The molecular weight excluding hydrogens is 229 g/mol. The van der Waals surface area contributed by atoms with E-state index in [9.17, 15) is 4.79 Å². The maximum absolute atomic E-state index is 10.7. The minimum Gasteiger partial charge on any atom is -0.211 e. The molecule has 1 aromatic carbocycles. The van der Waals surface area contributed by atoms with Crippen LogP contribution in [0.5, 0.6) is 0 Å². The van der Waals surface area contributed by atoms with E-state index in [1.165, 1.54) is 0 Å². The van der Waals surface area contributed by atoms with Crippen molar-refractivity contribution in [1.29, 1.82) is 0 Å². The van der Waals surface area contributed by atoms with Crippen LogP contribution >= 0.6 is 0 Å². The van der Waals surface area contributed by atoms with Gasteiger partial charge in [-0.25, -0.2) is 4.79 Å². The third kappa shape index (κ3) is 1.77. The van der Waals surface area contributed by atoms with Gasteiger partial charge in [0, 0.05) is 0 Å². The molecule has 8 radical (unpaired) electrons. The summed E-state index contributed by atoms with van der Waals surface area (Å²) in [5.74, 6) is 0. The molecule has 0 spiro atoms. The molecule has 2 aliphatic carbocycles. The molecule has 84 valence electrons. The molecule has 0 aliphatic heterocycles. The van der Waals surface area contributed by atoms with Crippen LogP contribution in [0.1, 0.15) is 35.1 Å². The van der Waals surface area contributed by atoms with E-state index in [-0.39, 0.29) is 0 Å². The summed E-state index contributed by atoms with van der Waals surface area (Å²) >= 11 is 0. The number of nitrogens with zero attached hydrogens (tertiary/aromatic N) is 1. The van der Waals surface area contributed by atoms with E-state index < -0.39 is 10.4 Å². The number of isocyanates is 1. The summed E-state index contributed by atoms with van der Waals surface area (Å²) in [6, 6.07) is 2.05. The predicted octanol–water partition coefficient (Wildman–Crippen LogP) is 0.526. The van der Waals surface area contributed by atoms with Crippen LogP contribution in [0.15, 0.2) is 11.1 Å². The van der Waals surface area contributed by atoms with Gasteiger partial charge in [0.15, 0.2) is 0 Å². The Kier molecular flexibility index (Phi) is 2.66. The van der Waals surface area contributed by atoms with Crippen molar-refractivity contribution in [3.05, 3.63) is 28.3 Å². The van der Waals surface area contributed by atoms with Crippen molar-refractivity contribution in [3.8, 4) is 0 Å². The van der Waals surface area contributed by atoms with Gasteiger partial charge in [0.25, 0.3) is 0 Å². The highest BCUT2D eigenvalue weighted by Gasteiger charge is 2.39. The van der Waals surface area contributed by atoms with Gasteiger partial charge >= 0.3 is 0 Å². The van der Waals surface area contributed by atoms with Gasteiger partial charge in [-0.3, -0.25) is 0 Å². The molecule has 0 N–H and O–H groups in total. The zero-order valence-electron chi connectivity index (χ0n) is 10.6. The lowest BCUT2D eigenvalue weighted by Gasteiger charge is -2.27. The number of aryl methyl sites for hydroxylation is 2. The van der Waals surface area contributed by atoms with Crippen molar-refractivity contribution in [2.45, 2.75) is 36.1 Å². The largest absolute Gasteiger partial charge is 0.240 e. The van der Waals surface area contributed by atoms with Gasteiger partial charge in [0.2, 0.25) is 6.08 Å². The summed E-state index contributed by atoms with van der Waals surface area (Å²) in [6.07, 6.45) is 4.37. The van der Waals surface area contributed by atoms with E-state index in [0.717, 1.165) is 24.0 Å². The zero-order valence-corrected chi connectivity index (χ0v) is 10.6. The second-order valence-corrected chi connectivity index (χ2v) is 5.58. The number of benzene rings is 1. The Morgan fingerprint density at radius 3 is 1.89 bits per heavy atom. The van der Waals surface area contributed by atoms with Gasteiger partial charge in [-0.1, -0.05) is 29.3 Å². The highest BCUT2D eigenvalue weighted by molar-refractivity contribution is 6.42. The Balaban J connectivity index is 2.38. The molecule has 3 rings (SSSR count). The van der Waals surface area contributed by atoms with Crippen LogP contribution in [0, 0.1) is 0 Å². The Hall–Kier alpha value is -1.14. The average Bonchev–Trinajstić information content (AvgIpc) is 2.78. The van der Waals surface area contributed by atoms with Crippen LogP contribution in [-0.4, -0.2) is 37.5 Å². The molecule has 0 aromatic heterocycles. The summed E-state index contributed by atoms with van der Waals surface area (Å²) in [4.78, 5) is 14.6. The second kappa shape index (κ2) is 3.93. The first-order valence-corrected chi connectivity index (χ1v) is 6.30. The third-order valence-corrected chi connectivity index (χ3v) is 4.17. The van der Waals surface area contributed by atoms with Crippen molar-refractivity contribution in [1.82, 2.24) is 0 Å². The Bertz CT molecular complexity index is 575. The van der Waals surface area contributed by atoms with Crippen LogP contribution in [-0.2, 0) is 28.1 Å². The van der Waals surface area contributed by atoms with Crippen LogP contribution < -0.4 is 0 Å². The van der Waals surface area contributed by atoms with Gasteiger partial charge in [-0.15, -0.1) is 0 Å². The fraction of sp³-hybridized carbons (Fsp3) is 0.462. The summed E-state index contributed by atoms with van der Waals surface area (Å²) in [6.45, 7) is 0. The van der Waals surface area contributed by atoms with E-state index in [1.54, 1.807) is 6.08 Å². The number of aliphatic imine (C=N–C) groups is 1. The second-order valence-electron chi connectivity index (χ2n) is 5.58. The van der Waals surface area contributed by atoms with E-state index in [2.05, 4.69) is 11.1 Å². The normalized spacial score (nSPS) is 21.5. The summed E-state index contributed by atoms with van der Waals surface area (Å²) in [7, 11) is 24.4. The quantitative estimate of drug-likeness (QED) is 0.399. The molecule has 0 heterocycles. The van der Waals surface area contributed by atoms with Gasteiger partial charge in [0.05, 0.1) is 37.1 Å². The fourth-order valence-electron chi connectivity index (χ4n) is 3.31. The van der Waals surface area contributed by atoms with Crippen molar-refractivity contribution in [2.75, 3.05) is 0 Å². The summed E-state index contributed by atoms with van der Waals surface area (Å²) in [5, 5.41) is -1.97. The zero-order chi connectivity index (χ0) is 13.8. The highest BCUT2D eigenvalue weighted by Crippen LogP contribution is 2.49. The molecule has 0 saturated heterocycles. The number of rotatable bonds is 1. The summed E-state index contributed by atoms with van der Waals surface area (Å²) in [5.41, 5.74) is 3.90. The van der Waals surface area contributed by atoms with E-state index in [1.807, 2.05) is 0 Å². The SMILES string of the molecule is [B]C1([B])CCc2cc3c(c(N=C=O)c21)C([B])([B])CC3. The number of fused-ring (bicyclic) bond motifs is 2. The molecule has 1 aromatic rings. The molecule has 19 heavy (non-hydrogen) atoms. The topological polar surface area (TPSA) is 29.4 Å². The first-order valence-electron chi connectivity index (χ1n) is 6.30. The average molecular weight is 238 g/mol. The Labute approximate surface area is 118 Å². The standard InChI is InChI=1S/C13H9B4NO/c14-12(15)3-1-7-5-8-2-4-13(16,17)10(8)11(9(7)12)18-6-19/h5H,1-4H2. The molecule has 0 unspecified atom stereocenters. The van der Waals surface area contributed by atoms with E-state index in [0.29, 0.717) is 29.7 Å². The lowest BCUT2D eigenvalue weighted by Crippen LogP contribution is -2.27. The third-order valence-electron chi connectivity index (χ3n) is 4.17. The number of carbonyl (C=O) groups excluding carboxylic acids is 1. The van der Waals surface area contributed by atoms with Crippen molar-refractivity contribution >= 4 is 43.2 Å². The fourth-order valence-corrected chi connectivity index (χ4v) is 3.31. The first kappa shape index (κ1) is 12.9. The maximum Gasteiger partial charge on any atom is 0.240 e. The molecule has 0 bridgehead atoms. The van der Waals surface area contributed by atoms with Gasteiger partial charge in [-0.2, -0.15) is 4.99 Å². The Morgan fingerprint density at radius 2 is 1.47 bits per heavy atom. The molecule has 0 atom stereocenters. The smallest absolute Gasteiger partial charge is 0.211 e. The van der Waals surface area contributed by atoms with Crippen LogP contribution in [0.25, 0.3) is 0 Å². The van der Waals surface area contributed by atoms with Crippen molar-refractivity contribution in [3.63, 3.8) is 0 Å². The lowest BCUT2D eigenvalue weighted by molar-refractivity contribution is 0.565. The molecule has 0 fully saturated rings. The molecule has 2 aliphatic rings. The molecule has 0 saturated carbocycles. The van der Waals surface area contributed by atoms with Gasteiger partial charge in [-0.05, 0) is 35.1 Å². The minimum atomic E-state index is -0.987. The molecule has 6 heteroatoms. The van der Waals surface area contributed by atoms with Crippen LogP contribution in [0.4, 0.5) is 5.69 Å². The molecular formula is C13H9B4NO. The van der Waals surface area contributed by atoms with Crippen molar-refractivity contribution < 1.29 is 4.79 Å². The van der Waals surface area contributed by atoms with Crippen LogP contribution in [0.2, 0.25) is 0 Å². The molecule has 0 amide bonds. The maximum atomic E-state index is 10.7. The van der Waals surface area contributed by atoms with Gasteiger partial charge in [0.1, 0.15) is 0 Å². The van der Waals surface area contributed by atoms with E-state index in [4.69, 9.17) is 31.4 Å². The summed E-state index contributed by atoms with van der Waals surface area (Å²) < 4.78 is 0. The van der Waals surface area contributed by atoms with Crippen molar-refractivity contribution in [2.24, 2.45) is 4.99 Å². The monoisotopic (exact) mass is 239 g/mol. The minimum absolute atomic E-state index is 0.438. The lowest BCUT2D eigenvalue weighted by atomic mass is 9.48. The number of hydrogen-bond acceptors (Lipinski definition) is 2. The highest BCUT2D eigenvalue weighted by atomic mass is 16.1.